The molecule has 0 saturated carbocycles. The van der Waals surface area contributed by atoms with E-state index in [4.69, 9.17) is 10.8 Å². The van der Waals surface area contributed by atoms with E-state index in [1.165, 1.54) is 6.92 Å². The maximum atomic E-state index is 12.8. The summed E-state index contributed by atoms with van der Waals surface area (Å²) in [6.07, 6.45) is 0.171. The number of carboxylic acids is 1. The van der Waals surface area contributed by atoms with Gasteiger partial charge in [0.05, 0.1) is 6.04 Å². The van der Waals surface area contributed by atoms with Crippen molar-refractivity contribution < 1.29 is 24.3 Å². The number of nitrogens with one attached hydrogen (secondary N) is 3. The highest BCUT2D eigenvalue weighted by Gasteiger charge is 2.28. The van der Waals surface area contributed by atoms with Crippen LogP contribution < -0.4 is 21.7 Å². The normalized spacial score (nSPS) is 14.8. The zero-order chi connectivity index (χ0) is 22.0. The highest BCUT2D eigenvalue weighted by Crippen LogP contribution is 2.05. The lowest BCUT2D eigenvalue weighted by Crippen LogP contribution is -2.58. The monoisotopic (exact) mass is 442 g/mol. The molecule has 4 unspecified atom stereocenters. The van der Waals surface area contributed by atoms with Crippen LogP contribution in [0.3, 0.4) is 0 Å². The molecule has 0 aliphatic rings. The van der Waals surface area contributed by atoms with E-state index in [0.717, 1.165) is 5.56 Å². The molecule has 0 bridgehead atoms. The number of carbonyl (C=O) groups is 4. The fraction of sp³-hybridized carbons (Fsp3) is 0.444. The predicted octanol–water partition coefficient (Wildman–Crippen LogP) is -1.03. The van der Waals surface area contributed by atoms with Gasteiger partial charge in [0, 0.05) is 17.9 Å². The Balaban J connectivity index is 2.91. The van der Waals surface area contributed by atoms with Gasteiger partial charge in [0.25, 0.3) is 0 Å². The van der Waals surface area contributed by atoms with Gasteiger partial charge in [0.1, 0.15) is 18.1 Å². The van der Waals surface area contributed by atoms with Crippen molar-refractivity contribution in [3.05, 3.63) is 35.9 Å². The molecule has 1 aromatic carbocycles. The van der Waals surface area contributed by atoms with E-state index in [-0.39, 0.29) is 17.9 Å². The Morgan fingerprint density at radius 2 is 1.48 bits per heavy atom. The smallest absolute Gasteiger partial charge is 0.325 e. The third kappa shape index (κ3) is 8.34. The average Bonchev–Trinajstić information content (AvgIpc) is 2.70. The number of hydrogen-bond donors (Lipinski definition) is 7. The molecule has 4 atom stereocenters. The molecule has 3 amide bonds. The topological polar surface area (TPSA) is 151 Å². The van der Waals surface area contributed by atoms with E-state index in [0.29, 0.717) is 0 Å². The Labute approximate surface area is 180 Å². The fourth-order valence-electron chi connectivity index (χ4n) is 2.26. The van der Waals surface area contributed by atoms with Crippen molar-refractivity contribution in [2.45, 2.75) is 37.5 Å². The first-order valence-electron chi connectivity index (χ1n) is 8.84. The van der Waals surface area contributed by atoms with Crippen LogP contribution in [0.15, 0.2) is 30.3 Å². The molecule has 0 aliphatic heterocycles. The maximum absolute atomic E-state index is 12.8. The molecular weight excluding hydrogens is 416 g/mol. The van der Waals surface area contributed by atoms with Crippen LogP contribution in [0.5, 0.6) is 0 Å². The number of amides is 3. The number of carboxylic acid groups (broad SMARTS) is 1. The molecule has 1 aromatic rings. The number of nitrogens with two attached hydrogens (primary N) is 1. The molecule has 0 aromatic heterocycles. The second-order valence-corrected chi connectivity index (χ2v) is 7.08. The van der Waals surface area contributed by atoms with Crippen LogP contribution >= 0.6 is 25.3 Å². The summed E-state index contributed by atoms with van der Waals surface area (Å²) in [5, 5.41) is 16.2. The van der Waals surface area contributed by atoms with Gasteiger partial charge in [-0.1, -0.05) is 30.3 Å². The van der Waals surface area contributed by atoms with E-state index in [2.05, 4.69) is 41.2 Å². The lowest BCUT2D eigenvalue weighted by Gasteiger charge is -2.24. The summed E-state index contributed by atoms with van der Waals surface area (Å²) >= 11 is 8.03. The third-order valence-electron chi connectivity index (χ3n) is 3.99. The summed E-state index contributed by atoms with van der Waals surface area (Å²) in [5.41, 5.74) is 6.46. The summed E-state index contributed by atoms with van der Waals surface area (Å²) in [5.74, 6) is -3.04. The molecule has 0 spiro atoms. The maximum Gasteiger partial charge on any atom is 0.325 e. The summed E-state index contributed by atoms with van der Waals surface area (Å²) in [6.45, 7) is 1.30. The van der Waals surface area contributed by atoms with Crippen molar-refractivity contribution in [1.82, 2.24) is 16.0 Å². The first-order chi connectivity index (χ1) is 13.7. The minimum absolute atomic E-state index is 0.0634. The van der Waals surface area contributed by atoms with Crippen molar-refractivity contribution >= 4 is 48.9 Å². The number of hydrogen-bond acceptors (Lipinski definition) is 7. The van der Waals surface area contributed by atoms with Gasteiger partial charge in [-0.3, -0.25) is 19.2 Å². The predicted molar refractivity (Wildman–Crippen MR) is 115 cm³/mol. The molecule has 0 aliphatic carbocycles. The molecule has 6 N–H and O–H groups in total. The number of aliphatic carboxylic acids is 1. The Kier molecular flexibility index (Phi) is 10.6. The van der Waals surface area contributed by atoms with Gasteiger partial charge in [0.15, 0.2) is 0 Å². The largest absolute Gasteiger partial charge is 0.480 e. The van der Waals surface area contributed by atoms with Crippen molar-refractivity contribution in [3.63, 3.8) is 0 Å². The van der Waals surface area contributed by atoms with Gasteiger partial charge in [-0.05, 0) is 12.5 Å². The average molecular weight is 443 g/mol. The molecule has 0 fully saturated rings. The van der Waals surface area contributed by atoms with Crippen molar-refractivity contribution in [1.29, 1.82) is 0 Å². The number of thiol groups is 2. The molecule has 0 heterocycles. The molecule has 160 valence electrons. The molecule has 29 heavy (non-hydrogen) atoms. The summed E-state index contributed by atoms with van der Waals surface area (Å²) in [7, 11) is 0. The van der Waals surface area contributed by atoms with Gasteiger partial charge >= 0.3 is 5.97 Å². The van der Waals surface area contributed by atoms with Gasteiger partial charge in [-0.15, -0.1) is 0 Å². The second-order valence-electron chi connectivity index (χ2n) is 6.35. The number of rotatable bonds is 11. The van der Waals surface area contributed by atoms with Crippen LogP contribution in [0.4, 0.5) is 0 Å². The SMILES string of the molecule is CC(NC(=O)C(CS)NC(=O)C(Cc1ccccc1)NC(=O)C(N)CS)C(=O)O. The molecule has 1 rings (SSSR count). The third-order valence-corrected chi connectivity index (χ3v) is 4.75. The second kappa shape index (κ2) is 12.3. The van der Waals surface area contributed by atoms with Crippen LogP contribution in [0.1, 0.15) is 12.5 Å². The number of carbonyl (C=O) groups excluding carboxylic acids is 3. The summed E-state index contributed by atoms with van der Waals surface area (Å²) in [4.78, 5) is 48.1. The van der Waals surface area contributed by atoms with E-state index in [1.807, 2.05) is 6.07 Å². The minimum atomic E-state index is -1.21. The molecular formula is C18H26N4O5S2. The number of benzene rings is 1. The summed E-state index contributed by atoms with van der Waals surface area (Å²) in [6, 6.07) is 4.89. The minimum Gasteiger partial charge on any atom is -0.480 e. The Hall–Kier alpha value is -2.24. The van der Waals surface area contributed by atoms with E-state index in [1.54, 1.807) is 24.3 Å². The highest BCUT2D eigenvalue weighted by atomic mass is 32.1. The van der Waals surface area contributed by atoms with Crippen molar-refractivity contribution in [2.24, 2.45) is 5.73 Å². The van der Waals surface area contributed by atoms with Gasteiger partial charge in [-0.25, -0.2) is 0 Å². The van der Waals surface area contributed by atoms with Crippen LogP contribution in [-0.4, -0.2) is 64.5 Å². The molecule has 0 saturated heterocycles. The van der Waals surface area contributed by atoms with Crippen LogP contribution in [0.2, 0.25) is 0 Å². The Morgan fingerprint density at radius 1 is 0.931 bits per heavy atom. The van der Waals surface area contributed by atoms with E-state index >= 15 is 0 Å². The lowest BCUT2D eigenvalue weighted by atomic mass is 10.0. The van der Waals surface area contributed by atoms with Gasteiger partial charge < -0.3 is 26.8 Å². The fourth-order valence-corrected chi connectivity index (χ4v) is 2.69. The van der Waals surface area contributed by atoms with Gasteiger partial charge in [-0.2, -0.15) is 25.3 Å². The highest BCUT2D eigenvalue weighted by molar-refractivity contribution is 7.80. The van der Waals surface area contributed by atoms with Crippen molar-refractivity contribution in [3.8, 4) is 0 Å². The van der Waals surface area contributed by atoms with Crippen molar-refractivity contribution in [2.75, 3.05) is 11.5 Å². The van der Waals surface area contributed by atoms with E-state index < -0.39 is 47.9 Å². The molecule has 0 radical (unpaired) electrons. The Bertz CT molecular complexity index is 719. The first-order valence-corrected chi connectivity index (χ1v) is 10.1. The zero-order valence-electron chi connectivity index (χ0n) is 15.9. The zero-order valence-corrected chi connectivity index (χ0v) is 17.7. The Morgan fingerprint density at radius 3 is 2.00 bits per heavy atom. The van der Waals surface area contributed by atoms with Crippen LogP contribution in [0, 0.1) is 0 Å². The van der Waals surface area contributed by atoms with Crippen LogP contribution in [0.25, 0.3) is 0 Å². The van der Waals surface area contributed by atoms with Gasteiger partial charge in [0.2, 0.25) is 17.7 Å². The lowest BCUT2D eigenvalue weighted by molar-refractivity contribution is -0.141. The van der Waals surface area contributed by atoms with Crippen LogP contribution in [-0.2, 0) is 25.6 Å². The first kappa shape index (κ1) is 24.8. The molecule has 9 nitrogen and oxygen atoms in total. The van der Waals surface area contributed by atoms with E-state index in [9.17, 15) is 19.2 Å². The summed E-state index contributed by atoms with van der Waals surface area (Å²) < 4.78 is 0. The quantitative estimate of drug-likeness (QED) is 0.218. The standard InChI is InChI=1S/C18H26N4O5S2/c1-10(18(26)27)20-17(25)14(9-29)22-16(24)13(21-15(23)12(19)8-28)7-11-5-3-2-4-6-11/h2-6,10,12-14,28-29H,7-9,19H2,1H3,(H,20,25)(H,21,23)(H,22,24)(H,26,27). The molecule has 11 heteroatoms.